The third-order valence-electron chi connectivity index (χ3n) is 3.70. The molecule has 0 aromatic heterocycles. The zero-order chi connectivity index (χ0) is 18.1. The van der Waals surface area contributed by atoms with Crippen molar-refractivity contribution in [2.75, 3.05) is 19.6 Å². The van der Waals surface area contributed by atoms with E-state index in [0.29, 0.717) is 24.1 Å². The lowest BCUT2D eigenvalue weighted by atomic mass is 10.1. The molecule has 132 valence electrons. The van der Waals surface area contributed by atoms with E-state index >= 15 is 0 Å². The molecular formula is C17H22BrFN2O3. The Labute approximate surface area is 149 Å². The fraction of sp³-hybridized carbons (Fsp3) is 0.529. The number of rotatable bonds is 1. The molecule has 1 fully saturated rings. The predicted molar refractivity (Wildman–Crippen MR) is 92.4 cm³/mol. The molecule has 1 heterocycles. The highest BCUT2D eigenvalue weighted by Crippen LogP contribution is 2.20. The topological polar surface area (TPSA) is 49.9 Å². The molecular weight excluding hydrogens is 379 g/mol. The molecule has 0 spiro atoms. The number of ether oxygens (including phenoxy) is 1. The summed E-state index contributed by atoms with van der Waals surface area (Å²) in [6, 6.07) is 4.09. The third kappa shape index (κ3) is 4.47. The number of hydrogen-bond acceptors (Lipinski definition) is 3. The van der Waals surface area contributed by atoms with Crippen LogP contribution in [0.4, 0.5) is 9.18 Å². The van der Waals surface area contributed by atoms with Gasteiger partial charge in [-0.05, 0) is 45.9 Å². The number of piperazine rings is 1. The average Bonchev–Trinajstić information content (AvgIpc) is 2.47. The molecule has 0 unspecified atom stereocenters. The monoisotopic (exact) mass is 400 g/mol. The van der Waals surface area contributed by atoms with Crippen LogP contribution in [0.2, 0.25) is 0 Å². The molecule has 0 saturated carbocycles. The van der Waals surface area contributed by atoms with E-state index in [9.17, 15) is 14.0 Å². The van der Waals surface area contributed by atoms with Gasteiger partial charge in [0.15, 0.2) is 0 Å². The third-order valence-corrected chi connectivity index (χ3v) is 4.19. The summed E-state index contributed by atoms with van der Waals surface area (Å²) in [6.45, 7) is 8.32. The van der Waals surface area contributed by atoms with Gasteiger partial charge in [-0.15, -0.1) is 0 Å². The van der Waals surface area contributed by atoms with Crippen LogP contribution in [0, 0.1) is 5.82 Å². The molecule has 1 aromatic rings. The van der Waals surface area contributed by atoms with E-state index in [2.05, 4.69) is 15.9 Å². The number of carbonyl (C=O) groups is 2. The van der Waals surface area contributed by atoms with Crippen molar-refractivity contribution in [1.29, 1.82) is 0 Å². The SMILES string of the molecule is C[C@H]1CN(C(=O)c2cc(Br)ccc2F)CCN1C(=O)OC(C)(C)C. The van der Waals surface area contributed by atoms with E-state index in [0.717, 1.165) is 0 Å². The van der Waals surface area contributed by atoms with Crippen molar-refractivity contribution >= 4 is 27.9 Å². The van der Waals surface area contributed by atoms with E-state index in [-0.39, 0.29) is 17.5 Å². The van der Waals surface area contributed by atoms with Gasteiger partial charge in [-0.3, -0.25) is 4.79 Å². The van der Waals surface area contributed by atoms with Crippen LogP contribution in [-0.2, 0) is 4.74 Å². The van der Waals surface area contributed by atoms with Crippen molar-refractivity contribution < 1.29 is 18.7 Å². The summed E-state index contributed by atoms with van der Waals surface area (Å²) in [4.78, 5) is 27.9. The van der Waals surface area contributed by atoms with Crippen molar-refractivity contribution in [3.63, 3.8) is 0 Å². The number of carbonyl (C=O) groups excluding carboxylic acids is 2. The minimum Gasteiger partial charge on any atom is -0.444 e. The van der Waals surface area contributed by atoms with E-state index in [1.807, 2.05) is 27.7 Å². The molecule has 1 aliphatic rings. The van der Waals surface area contributed by atoms with Crippen LogP contribution in [0.25, 0.3) is 0 Å². The van der Waals surface area contributed by atoms with E-state index in [1.54, 1.807) is 15.9 Å². The molecule has 1 aromatic carbocycles. The van der Waals surface area contributed by atoms with Gasteiger partial charge in [0, 0.05) is 30.1 Å². The maximum absolute atomic E-state index is 13.9. The van der Waals surface area contributed by atoms with Crippen molar-refractivity contribution in [3.05, 3.63) is 34.1 Å². The highest BCUT2D eigenvalue weighted by Gasteiger charge is 2.33. The second-order valence-electron chi connectivity index (χ2n) is 6.90. The fourth-order valence-corrected chi connectivity index (χ4v) is 2.93. The van der Waals surface area contributed by atoms with Gasteiger partial charge in [0.2, 0.25) is 0 Å². The Morgan fingerprint density at radius 2 is 1.96 bits per heavy atom. The Hall–Kier alpha value is -1.63. The summed E-state index contributed by atoms with van der Waals surface area (Å²) >= 11 is 3.25. The molecule has 1 atom stereocenters. The summed E-state index contributed by atoms with van der Waals surface area (Å²) in [7, 11) is 0. The van der Waals surface area contributed by atoms with Crippen molar-refractivity contribution in [1.82, 2.24) is 9.80 Å². The number of halogens is 2. The minimum atomic E-state index is -0.566. The Kier molecular flexibility index (Phi) is 5.52. The highest BCUT2D eigenvalue weighted by atomic mass is 79.9. The zero-order valence-electron chi connectivity index (χ0n) is 14.3. The Morgan fingerprint density at radius 1 is 1.29 bits per heavy atom. The van der Waals surface area contributed by atoms with E-state index < -0.39 is 17.5 Å². The van der Waals surface area contributed by atoms with Gasteiger partial charge in [-0.1, -0.05) is 15.9 Å². The van der Waals surface area contributed by atoms with Crippen LogP contribution in [0.5, 0.6) is 0 Å². The molecule has 1 aliphatic heterocycles. The lowest BCUT2D eigenvalue weighted by Crippen LogP contribution is -2.56. The van der Waals surface area contributed by atoms with Gasteiger partial charge >= 0.3 is 6.09 Å². The average molecular weight is 401 g/mol. The van der Waals surface area contributed by atoms with Crippen LogP contribution < -0.4 is 0 Å². The van der Waals surface area contributed by atoms with Crippen LogP contribution in [0.15, 0.2) is 22.7 Å². The molecule has 0 N–H and O–H groups in total. The maximum atomic E-state index is 13.9. The Bertz CT molecular complexity index is 645. The van der Waals surface area contributed by atoms with Crippen molar-refractivity contribution in [2.24, 2.45) is 0 Å². The van der Waals surface area contributed by atoms with Gasteiger partial charge in [0.25, 0.3) is 5.91 Å². The molecule has 24 heavy (non-hydrogen) atoms. The van der Waals surface area contributed by atoms with Crippen molar-refractivity contribution in [3.8, 4) is 0 Å². The molecule has 1 saturated heterocycles. The molecule has 2 amide bonds. The second-order valence-corrected chi connectivity index (χ2v) is 7.81. The van der Waals surface area contributed by atoms with Crippen LogP contribution >= 0.6 is 15.9 Å². The zero-order valence-corrected chi connectivity index (χ0v) is 15.9. The summed E-state index contributed by atoms with van der Waals surface area (Å²) in [5.74, 6) is -0.921. The van der Waals surface area contributed by atoms with Crippen molar-refractivity contribution in [2.45, 2.75) is 39.3 Å². The molecule has 0 aliphatic carbocycles. The standard InChI is InChI=1S/C17H22BrFN2O3/c1-11-10-20(7-8-21(11)16(23)24-17(2,3)4)15(22)13-9-12(18)5-6-14(13)19/h5-6,9,11H,7-8,10H2,1-4H3/t11-/m0/s1. The highest BCUT2D eigenvalue weighted by molar-refractivity contribution is 9.10. The number of benzene rings is 1. The molecule has 2 rings (SSSR count). The Morgan fingerprint density at radius 3 is 2.54 bits per heavy atom. The maximum Gasteiger partial charge on any atom is 0.410 e. The number of hydrogen-bond donors (Lipinski definition) is 0. The first-order valence-corrected chi connectivity index (χ1v) is 8.62. The van der Waals surface area contributed by atoms with Gasteiger partial charge < -0.3 is 14.5 Å². The summed E-state index contributed by atoms with van der Waals surface area (Å²) in [6.07, 6.45) is -0.393. The van der Waals surface area contributed by atoms with Gasteiger partial charge in [-0.2, -0.15) is 0 Å². The lowest BCUT2D eigenvalue weighted by Gasteiger charge is -2.40. The van der Waals surface area contributed by atoms with Gasteiger partial charge in [-0.25, -0.2) is 9.18 Å². The first kappa shape index (κ1) is 18.7. The second kappa shape index (κ2) is 7.09. The van der Waals surface area contributed by atoms with Crippen LogP contribution in [-0.4, -0.2) is 53.1 Å². The number of amides is 2. The van der Waals surface area contributed by atoms with Gasteiger partial charge in [0.1, 0.15) is 11.4 Å². The minimum absolute atomic E-state index is 0.0299. The molecule has 5 nitrogen and oxygen atoms in total. The first-order valence-electron chi connectivity index (χ1n) is 7.82. The first-order chi connectivity index (χ1) is 11.1. The largest absolute Gasteiger partial charge is 0.444 e. The van der Waals surface area contributed by atoms with Crippen LogP contribution in [0.3, 0.4) is 0 Å². The van der Waals surface area contributed by atoms with E-state index in [1.165, 1.54) is 12.1 Å². The summed E-state index contributed by atoms with van der Waals surface area (Å²) in [5.41, 5.74) is -0.536. The number of nitrogens with zero attached hydrogens (tertiary/aromatic N) is 2. The van der Waals surface area contributed by atoms with Gasteiger partial charge in [0.05, 0.1) is 5.56 Å². The normalized spacial score (nSPS) is 18.5. The fourth-order valence-electron chi connectivity index (χ4n) is 2.57. The molecule has 0 radical (unpaired) electrons. The Balaban J connectivity index is 2.06. The predicted octanol–water partition coefficient (Wildman–Crippen LogP) is 3.67. The van der Waals surface area contributed by atoms with Crippen LogP contribution in [0.1, 0.15) is 38.1 Å². The quantitative estimate of drug-likeness (QED) is 0.722. The summed E-state index contributed by atoms with van der Waals surface area (Å²) < 4.78 is 19.9. The van der Waals surface area contributed by atoms with E-state index in [4.69, 9.17) is 4.74 Å². The lowest BCUT2D eigenvalue weighted by molar-refractivity contribution is 0.00190. The molecule has 7 heteroatoms. The molecule has 0 bridgehead atoms. The summed E-state index contributed by atoms with van der Waals surface area (Å²) in [5, 5.41) is 0. The smallest absolute Gasteiger partial charge is 0.410 e.